The molecular weight excluding hydrogens is 254 g/mol. The number of benzene rings is 1. The monoisotopic (exact) mass is 277 g/mol. The van der Waals surface area contributed by atoms with Crippen LogP contribution in [0.3, 0.4) is 0 Å². The second-order valence-corrected chi connectivity index (χ2v) is 5.22. The van der Waals surface area contributed by atoms with Gasteiger partial charge in [-0.05, 0) is 12.3 Å². The van der Waals surface area contributed by atoms with Crippen molar-refractivity contribution in [3.05, 3.63) is 35.9 Å². The van der Waals surface area contributed by atoms with Gasteiger partial charge in [-0.15, -0.1) is 0 Å². The molecule has 1 rings (SSSR count). The van der Waals surface area contributed by atoms with Crippen LogP contribution in [0.15, 0.2) is 30.3 Å². The van der Waals surface area contributed by atoms with E-state index in [1.807, 2.05) is 32.0 Å². The number of aliphatic hydroxyl groups is 1. The Balaban J connectivity index is 2.41. The van der Waals surface area contributed by atoms with Crippen LogP contribution in [0.1, 0.15) is 43.5 Å². The molecule has 0 heterocycles. The summed E-state index contributed by atoms with van der Waals surface area (Å²) in [5.74, 6) is 0.0985. The Morgan fingerprint density at radius 1 is 1.15 bits per heavy atom. The zero-order valence-corrected chi connectivity index (χ0v) is 12.1. The van der Waals surface area contributed by atoms with E-state index in [0.717, 1.165) is 0 Å². The molecule has 0 radical (unpaired) electrons. The van der Waals surface area contributed by atoms with E-state index in [1.54, 1.807) is 12.1 Å². The summed E-state index contributed by atoms with van der Waals surface area (Å²) in [5, 5.41) is 11.8. The van der Waals surface area contributed by atoms with Crippen molar-refractivity contribution in [1.29, 1.82) is 0 Å². The van der Waals surface area contributed by atoms with Gasteiger partial charge in [0.2, 0.25) is 5.91 Å². The van der Waals surface area contributed by atoms with Gasteiger partial charge in [0.25, 0.3) is 0 Å². The SMILES string of the molecule is CC(C)C(CCO)NC(=O)CCC(=O)c1ccccc1. The largest absolute Gasteiger partial charge is 0.396 e. The van der Waals surface area contributed by atoms with Gasteiger partial charge >= 0.3 is 0 Å². The molecule has 0 fully saturated rings. The van der Waals surface area contributed by atoms with E-state index >= 15 is 0 Å². The van der Waals surface area contributed by atoms with Crippen LogP contribution in [0.2, 0.25) is 0 Å². The van der Waals surface area contributed by atoms with E-state index in [-0.39, 0.29) is 43.1 Å². The fourth-order valence-corrected chi connectivity index (χ4v) is 1.99. The van der Waals surface area contributed by atoms with Gasteiger partial charge in [-0.25, -0.2) is 0 Å². The lowest BCUT2D eigenvalue weighted by molar-refractivity contribution is -0.122. The highest BCUT2D eigenvalue weighted by atomic mass is 16.3. The number of rotatable bonds is 8. The Morgan fingerprint density at radius 3 is 2.35 bits per heavy atom. The summed E-state index contributed by atoms with van der Waals surface area (Å²) in [7, 11) is 0. The molecule has 0 saturated heterocycles. The van der Waals surface area contributed by atoms with E-state index in [1.165, 1.54) is 0 Å². The Morgan fingerprint density at radius 2 is 1.80 bits per heavy atom. The zero-order chi connectivity index (χ0) is 15.0. The van der Waals surface area contributed by atoms with E-state index in [0.29, 0.717) is 12.0 Å². The van der Waals surface area contributed by atoms with Crippen LogP contribution in [0.25, 0.3) is 0 Å². The van der Waals surface area contributed by atoms with Gasteiger partial charge in [0, 0.05) is 31.1 Å². The molecule has 1 aromatic carbocycles. The molecule has 0 saturated carbocycles. The highest BCUT2D eigenvalue weighted by molar-refractivity contribution is 5.97. The van der Waals surface area contributed by atoms with Crippen molar-refractivity contribution in [1.82, 2.24) is 5.32 Å². The maximum Gasteiger partial charge on any atom is 0.220 e. The minimum atomic E-state index is -0.138. The van der Waals surface area contributed by atoms with Crippen LogP contribution in [0.4, 0.5) is 0 Å². The molecular formula is C16H23NO3. The zero-order valence-electron chi connectivity index (χ0n) is 12.1. The minimum Gasteiger partial charge on any atom is -0.396 e. The van der Waals surface area contributed by atoms with Gasteiger partial charge in [0.05, 0.1) is 0 Å². The number of Topliss-reactive ketones (excluding diaryl/α,β-unsaturated/α-hetero) is 1. The number of hydrogen-bond acceptors (Lipinski definition) is 3. The third kappa shape index (κ3) is 5.53. The van der Waals surface area contributed by atoms with Crippen molar-refractivity contribution < 1.29 is 14.7 Å². The molecule has 0 aliphatic heterocycles. The molecule has 0 bridgehead atoms. The van der Waals surface area contributed by atoms with Crippen LogP contribution < -0.4 is 5.32 Å². The first-order valence-corrected chi connectivity index (χ1v) is 7.03. The first kappa shape index (κ1) is 16.4. The van der Waals surface area contributed by atoms with Gasteiger partial charge in [0.15, 0.2) is 5.78 Å². The van der Waals surface area contributed by atoms with Crippen molar-refractivity contribution in [3.63, 3.8) is 0 Å². The molecule has 0 aliphatic rings. The van der Waals surface area contributed by atoms with Gasteiger partial charge < -0.3 is 10.4 Å². The van der Waals surface area contributed by atoms with Gasteiger partial charge in [-0.2, -0.15) is 0 Å². The Labute approximate surface area is 120 Å². The number of aliphatic hydroxyl groups excluding tert-OH is 1. The van der Waals surface area contributed by atoms with Crippen LogP contribution in [0, 0.1) is 5.92 Å². The number of hydrogen-bond donors (Lipinski definition) is 2. The van der Waals surface area contributed by atoms with Gasteiger partial charge in [0.1, 0.15) is 0 Å². The smallest absolute Gasteiger partial charge is 0.220 e. The fourth-order valence-electron chi connectivity index (χ4n) is 1.99. The maximum absolute atomic E-state index is 11.9. The number of amides is 1. The van der Waals surface area contributed by atoms with Crippen molar-refractivity contribution in [2.75, 3.05) is 6.61 Å². The Hall–Kier alpha value is -1.68. The average Bonchev–Trinajstić information content (AvgIpc) is 2.45. The molecule has 4 nitrogen and oxygen atoms in total. The predicted octanol–water partition coefficient (Wildman–Crippen LogP) is 2.17. The van der Waals surface area contributed by atoms with Gasteiger partial charge in [-0.3, -0.25) is 9.59 Å². The summed E-state index contributed by atoms with van der Waals surface area (Å²) in [5.41, 5.74) is 0.635. The summed E-state index contributed by atoms with van der Waals surface area (Å²) < 4.78 is 0. The molecule has 1 aromatic rings. The first-order valence-electron chi connectivity index (χ1n) is 7.03. The molecule has 1 amide bonds. The van der Waals surface area contributed by atoms with Crippen molar-refractivity contribution in [2.45, 2.75) is 39.2 Å². The normalized spacial score (nSPS) is 12.2. The molecule has 1 atom stereocenters. The van der Waals surface area contributed by atoms with Crippen LogP contribution in [-0.4, -0.2) is 29.4 Å². The lowest BCUT2D eigenvalue weighted by atomic mass is 10.0. The maximum atomic E-state index is 11.9. The number of nitrogens with one attached hydrogen (secondary N) is 1. The fraction of sp³-hybridized carbons (Fsp3) is 0.500. The number of carbonyl (C=O) groups is 2. The molecule has 0 spiro atoms. The molecule has 4 heteroatoms. The molecule has 20 heavy (non-hydrogen) atoms. The van der Waals surface area contributed by atoms with Crippen LogP contribution in [0.5, 0.6) is 0 Å². The molecule has 110 valence electrons. The highest BCUT2D eigenvalue weighted by Gasteiger charge is 2.16. The lowest BCUT2D eigenvalue weighted by Crippen LogP contribution is -2.39. The first-order chi connectivity index (χ1) is 9.54. The van der Waals surface area contributed by atoms with Crippen LogP contribution >= 0.6 is 0 Å². The summed E-state index contributed by atoms with van der Waals surface area (Å²) in [6.45, 7) is 4.04. The highest BCUT2D eigenvalue weighted by Crippen LogP contribution is 2.08. The third-order valence-electron chi connectivity index (χ3n) is 3.27. The summed E-state index contributed by atoms with van der Waals surface area (Å²) in [6, 6.07) is 8.93. The summed E-state index contributed by atoms with van der Waals surface area (Å²) in [6.07, 6.45) is 0.929. The molecule has 2 N–H and O–H groups in total. The van der Waals surface area contributed by atoms with E-state index in [9.17, 15) is 9.59 Å². The quantitative estimate of drug-likeness (QED) is 0.716. The lowest BCUT2D eigenvalue weighted by Gasteiger charge is -2.21. The number of ketones is 1. The minimum absolute atomic E-state index is 0.0241. The summed E-state index contributed by atoms with van der Waals surface area (Å²) in [4.78, 5) is 23.7. The number of carbonyl (C=O) groups excluding carboxylic acids is 2. The van der Waals surface area contributed by atoms with Crippen LogP contribution in [-0.2, 0) is 4.79 Å². The third-order valence-corrected chi connectivity index (χ3v) is 3.27. The van der Waals surface area contributed by atoms with E-state index in [4.69, 9.17) is 5.11 Å². The molecule has 0 aromatic heterocycles. The molecule has 1 unspecified atom stereocenters. The van der Waals surface area contributed by atoms with Crippen molar-refractivity contribution in [2.24, 2.45) is 5.92 Å². The topological polar surface area (TPSA) is 66.4 Å². The molecule has 0 aliphatic carbocycles. The standard InChI is InChI=1S/C16H23NO3/c1-12(2)14(10-11-18)17-16(20)9-8-15(19)13-6-4-3-5-7-13/h3-7,12,14,18H,8-11H2,1-2H3,(H,17,20). The summed E-state index contributed by atoms with van der Waals surface area (Å²) >= 11 is 0. The van der Waals surface area contributed by atoms with Gasteiger partial charge in [-0.1, -0.05) is 44.2 Å². The Kier molecular flexibility index (Phi) is 6.94. The second kappa shape index (κ2) is 8.48. The van der Waals surface area contributed by atoms with Crippen molar-refractivity contribution in [3.8, 4) is 0 Å². The Bertz CT molecular complexity index is 429. The van der Waals surface area contributed by atoms with E-state index in [2.05, 4.69) is 5.32 Å². The van der Waals surface area contributed by atoms with E-state index < -0.39 is 0 Å². The average molecular weight is 277 g/mol. The predicted molar refractivity (Wildman–Crippen MR) is 78.5 cm³/mol. The van der Waals surface area contributed by atoms with Crippen molar-refractivity contribution >= 4 is 11.7 Å². The second-order valence-electron chi connectivity index (χ2n) is 5.22.